The average Bonchev–Trinajstić information content (AvgIpc) is 2.94. The van der Waals surface area contributed by atoms with Gasteiger partial charge in [-0.1, -0.05) is 51.1 Å². The van der Waals surface area contributed by atoms with Gasteiger partial charge in [0.1, 0.15) is 6.04 Å². The minimum Gasteiger partial charge on any atom is -0.381 e. The Morgan fingerprint density at radius 2 is 1.83 bits per heavy atom. The van der Waals surface area contributed by atoms with Crippen molar-refractivity contribution in [1.29, 1.82) is 0 Å². The second-order valence-corrected chi connectivity index (χ2v) is 8.72. The lowest BCUT2D eigenvalue weighted by Gasteiger charge is -2.51. The Morgan fingerprint density at radius 1 is 1.17 bits per heavy atom. The number of imide groups is 1. The van der Waals surface area contributed by atoms with Gasteiger partial charge in [-0.05, 0) is 31.1 Å². The van der Waals surface area contributed by atoms with E-state index in [0.717, 1.165) is 24.2 Å². The number of Topliss-reactive ketones (excluding diaryl/α,β-unsaturated/α-hetero) is 1. The first-order valence-electron chi connectivity index (χ1n) is 10.5. The molecule has 1 heterocycles. The number of rotatable bonds is 6. The molecule has 158 valence electrons. The molecule has 1 aromatic carbocycles. The first-order valence-corrected chi connectivity index (χ1v) is 10.5. The number of ketones is 1. The number of hydrogen-bond donors (Lipinski definition) is 0. The first kappa shape index (κ1) is 21.5. The molecule has 6 heteroatoms. The van der Waals surface area contributed by atoms with E-state index in [2.05, 4.69) is 20.8 Å². The molecular weight excluding hydrogens is 368 g/mol. The Balaban J connectivity index is 1.90. The molecule has 5 atom stereocenters. The van der Waals surface area contributed by atoms with Crippen LogP contribution in [0, 0.1) is 17.3 Å². The topological polar surface area (TPSA) is 66.9 Å². The predicted molar refractivity (Wildman–Crippen MR) is 111 cm³/mol. The molecule has 6 nitrogen and oxygen atoms in total. The third-order valence-electron chi connectivity index (χ3n) is 7.21. The van der Waals surface area contributed by atoms with E-state index in [1.807, 2.05) is 6.07 Å². The van der Waals surface area contributed by atoms with E-state index in [1.165, 1.54) is 4.90 Å². The van der Waals surface area contributed by atoms with Crippen molar-refractivity contribution in [3.63, 3.8) is 0 Å². The molecule has 0 aromatic heterocycles. The quantitative estimate of drug-likeness (QED) is 0.540. The fourth-order valence-electron chi connectivity index (χ4n) is 5.27. The summed E-state index contributed by atoms with van der Waals surface area (Å²) >= 11 is 0. The van der Waals surface area contributed by atoms with Crippen LogP contribution in [0.4, 0.5) is 4.79 Å². The van der Waals surface area contributed by atoms with Crippen molar-refractivity contribution in [2.45, 2.75) is 52.2 Å². The Morgan fingerprint density at radius 3 is 2.41 bits per heavy atom. The zero-order valence-electron chi connectivity index (χ0n) is 18.1. The van der Waals surface area contributed by atoms with Crippen LogP contribution in [0.3, 0.4) is 0 Å². The number of benzene rings is 1. The van der Waals surface area contributed by atoms with Gasteiger partial charge in [0.2, 0.25) is 0 Å². The highest BCUT2D eigenvalue weighted by molar-refractivity contribution is 6.09. The number of urea groups is 1. The lowest BCUT2D eigenvalue weighted by molar-refractivity contribution is -0.144. The summed E-state index contributed by atoms with van der Waals surface area (Å²) in [5, 5.41) is 0. The number of nitrogens with zero attached hydrogens (tertiary/aromatic N) is 2. The molecule has 29 heavy (non-hydrogen) atoms. The number of methoxy groups -OCH3 is 1. The van der Waals surface area contributed by atoms with Crippen LogP contribution in [-0.2, 0) is 9.53 Å². The molecule has 0 radical (unpaired) electrons. The van der Waals surface area contributed by atoms with Crippen molar-refractivity contribution >= 4 is 17.7 Å². The van der Waals surface area contributed by atoms with Crippen LogP contribution in [0.15, 0.2) is 30.3 Å². The molecule has 1 aliphatic heterocycles. The van der Waals surface area contributed by atoms with Gasteiger partial charge in [-0.3, -0.25) is 14.5 Å². The summed E-state index contributed by atoms with van der Waals surface area (Å²) in [5.41, 5.74) is 0.0477. The minimum absolute atomic E-state index is 0.104. The van der Waals surface area contributed by atoms with Crippen molar-refractivity contribution in [2.24, 2.45) is 17.3 Å². The molecule has 0 spiro atoms. The maximum Gasteiger partial charge on any atom is 0.327 e. The summed E-state index contributed by atoms with van der Waals surface area (Å²) in [6.07, 6.45) is 2.31. The lowest BCUT2D eigenvalue weighted by Crippen LogP contribution is -2.57. The van der Waals surface area contributed by atoms with E-state index in [9.17, 15) is 14.4 Å². The van der Waals surface area contributed by atoms with Gasteiger partial charge < -0.3 is 9.64 Å². The van der Waals surface area contributed by atoms with Crippen LogP contribution >= 0.6 is 0 Å². The summed E-state index contributed by atoms with van der Waals surface area (Å²) in [5.74, 6) is 0.402. The number of amides is 3. The third-order valence-corrected chi connectivity index (χ3v) is 7.21. The van der Waals surface area contributed by atoms with Crippen LogP contribution in [0.5, 0.6) is 0 Å². The standard InChI is InChI=1S/C23H32N2O4/c1-6-23(13-16(3)15(2)12-19(23)29-5)20-21(27)25(22(28)24(20)4)14-18(26)17-10-8-7-9-11-17/h7-11,15-16,19-20H,6,12-14H2,1-5H3. The predicted octanol–water partition coefficient (Wildman–Crippen LogP) is 3.61. The van der Waals surface area contributed by atoms with Crippen LogP contribution < -0.4 is 0 Å². The van der Waals surface area contributed by atoms with Crippen LogP contribution in [0.25, 0.3) is 0 Å². The Hall–Kier alpha value is -2.21. The summed E-state index contributed by atoms with van der Waals surface area (Å²) in [6, 6.07) is 7.77. The second kappa shape index (κ2) is 8.27. The van der Waals surface area contributed by atoms with Crippen molar-refractivity contribution in [1.82, 2.24) is 9.80 Å². The maximum atomic E-state index is 13.5. The summed E-state index contributed by atoms with van der Waals surface area (Å²) in [4.78, 5) is 41.7. The van der Waals surface area contributed by atoms with Gasteiger partial charge in [-0.15, -0.1) is 0 Å². The zero-order valence-corrected chi connectivity index (χ0v) is 18.1. The maximum absolute atomic E-state index is 13.5. The lowest BCUT2D eigenvalue weighted by atomic mass is 9.59. The van der Waals surface area contributed by atoms with Gasteiger partial charge in [0.25, 0.3) is 5.91 Å². The summed E-state index contributed by atoms with van der Waals surface area (Å²) in [6.45, 7) is 6.26. The second-order valence-electron chi connectivity index (χ2n) is 8.72. The molecule has 3 amide bonds. The highest BCUT2D eigenvalue weighted by Crippen LogP contribution is 2.51. The molecule has 3 rings (SSSR count). The summed E-state index contributed by atoms with van der Waals surface area (Å²) < 4.78 is 5.87. The van der Waals surface area contributed by atoms with Gasteiger partial charge in [0, 0.05) is 25.1 Å². The molecule has 2 fully saturated rings. The Labute approximate surface area is 173 Å². The highest BCUT2D eigenvalue weighted by atomic mass is 16.5. The number of ether oxygens (including phenoxy) is 1. The van der Waals surface area contributed by atoms with E-state index in [-0.39, 0.29) is 24.3 Å². The smallest absolute Gasteiger partial charge is 0.327 e. The van der Waals surface area contributed by atoms with Gasteiger partial charge in [-0.2, -0.15) is 0 Å². The van der Waals surface area contributed by atoms with Crippen LogP contribution in [0.2, 0.25) is 0 Å². The Kier molecular flexibility index (Phi) is 6.13. The van der Waals surface area contributed by atoms with E-state index < -0.39 is 17.5 Å². The van der Waals surface area contributed by atoms with Crippen LogP contribution in [-0.4, -0.2) is 60.4 Å². The van der Waals surface area contributed by atoms with E-state index in [4.69, 9.17) is 4.74 Å². The highest BCUT2D eigenvalue weighted by Gasteiger charge is 2.59. The fourth-order valence-corrected chi connectivity index (χ4v) is 5.27. The third kappa shape index (κ3) is 3.59. The van der Waals surface area contributed by atoms with Crippen LogP contribution in [0.1, 0.15) is 50.4 Å². The van der Waals surface area contributed by atoms with Gasteiger partial charge >= 0.3 is 6.03 Å². The van der Waals surface area contributed by atoms with E-state index >= 15 is 0 Å². The molecule has 0 N–H and O–H groups in total. The van der Waals surface area contributed by atoms with Gasteiger partial charge in [-0.25, -0.2) is 4.79 Å². The van der Waals surface area contributed by atoms with Crippen molar-refractivity contribution < 1.29 is 19.1 Å². The summed E-state index contributed by atoms with van der Waals surface area (Å²) in [7, 11) is 3.36. The molecular formula is C23H32N2O4. The molecule has 1 aliphatic carbocycles. The van der Waals surface area contributed by atoms with Crippen molar-refractivity contribution in [3.8, 4) is 0 Å². The fraction of sp³-hybridized carbons (Fsp3) is 0.609. The SMILES string of the molecule is CCC1(C2C(=O)N(CC(=O)c3ccccc3)C(=O)N2C)CC(C)C(C)CC1OC. The molecule has 1 aromatic rings. The zero-order chi connectivity index (χ0) is 21.3. The van der Waals surface area contributed by atoms with E-state index in [1.54, 1.807) is 38.4 Å². The van der Waals surface area contributed by atoms with Gasteiger partial charge in [0.05, 0.1) is 12.6 Å². The van der Waals surface area contributed by atoms with Crippen molar-refractivity contribution in [3.05, 3.63) is 35.9 Å². The number of carbonyl (C=O) groups is 3. The molecule has 1 saturated heterocycles. The first-order chi connectivity index (χ1) is 13.8. The van der Waals surface area contributed by atoms with Crippen molar-refractivity contribution in [2.75, 3.05) is 20.7 Å². The normalized spacial score (nSPS) is 32.7. The number of likely N-dealkylation sites (N-methyl/N-ethyl adjacent to an activating group) is 1. The molecule has 5 unspecified atom stereocenters. The number of hydrogen-bond acceptors (Lipinski definition) is 4. The number of carbonyl (C=O) groups excluding carboxylic acids is 3. The monoisotopic (exact) mass is 400 g/mol. The largest absolute Gasteiger partial charge is 0.381 e. The van der Waals surface area contributed by atoms with Gasteiger partial charge in [0.15, 0.2) is 5.78 Å². The molecule has 1 saturated carbocycles. The minimum atomic E-state index is -0.608. The molecule has 0 bridgehead atoms. The Bertz CT molecular complexity index is 780. The van der Waals surface area contributed by atoms with E-state index in [0.29, 0.717) is 17.4 Å². The molecule has 2 aliphatic rings. The average molecular weight is 401 g/mol.